The fraction of sp³-hybridized carbons (Fsp3) is 0.182. The molecule has 5 nitrogen and oxygen atoms in total. The van der Waals surface area contributed by atoms with Crippen LogP contribution in [0.5, 0.6) is 0 Å². The van der Waals surface area contributed by atoms with Gasteiger partial charge in [-0.2, -0.15) is 0 Å². The molecule has 0 heterocycles. The van der Waals surface area contributed by atoms with Gasteiger partial charge < -0.3 is 16.4 Å². The van der Waals surface area contributed by atoms with Crippen LogP contribution < -0.4 is 16.4 Å². The molecule has 0 unspecified atom stereocenters. The first-order chi connectivity index (χ1) is 8.90. The lowest BCUT2D eigenvalue weighted by Crippen LogP contribution is -2.42. The van der Waals surface area contributed by atoms with Crippen molar-refractivity contribution in [3.63, 3.8) is 0 Å². The monoisotopic (exact) mass is 303 g/mol. The smallest absolute Gasteiger partial charge is 0.309 e. The van der Waals surface area contributed by atoms with Crippen LogP contribution in [0.15, 0.2) is 18.2 Å². The van der Waals surface area contributed by atoms with E-state index in [0.717, 1.165) is 0 Å². The SMILES string of the molecule is NC(=S)CNC(=O)C(=O)NCc1ccc(F)c(Cl)c1. The van der Waals surface area contributed by atoms with Gasteiger partial charge in [0.25, 0.3) is 0 Å². The van der Waals surface area contributed by atoms with Gasteiger partial charge in [0.1, 0.15) is 5.82 Å². The number of rotatable bonds is 4. The first-order valence-electron chi connectivity index (χ1n) is 5.18. The van der Waals surface area contributed by atoms with Crippen molar-refractivity contribution in [3.05, 3.63) is 34.6 Å². The van der Waals surface area contributed by atoms with E-state index < -0.39 is 17.6 Å². The summed E-state index contributed by atoms with van der Waals surface area (Å²) in [5, 5.41) is 4.54. The number of carbonyl (C=O) groups excluding carboxylic acids is 2. The predicted octanol–water partition coefficient (Wildman–Crippen LogP) is 0.498. The first-order valence-corrected chi connectivity index (χ1v) is 5.97. The van der Waals surface area contributed by atoms with Gasteiger partial charge in [-0.05, 0) is 17.7 Å². The lowest BCUT2D eigenvalue weighted by molar-refractivity contribution is -0.139. The summed E-state index contributed by atoms with van der Waals surface area (Å²) >= 11 is 10.1. The molecule has 1 rings (SSSR count). The fourth-order valence-electron chi connectivity index (χ4n) is 1.16. The molecule has 0 saturated carbocycles. The molecule has 0 aliphatic carbocycles. The summed E-state index contributed by atoms with van der Waals surface area (Å²) in [4.78, 5) is 22.7. The van der Waals surface area contributed by atoms with Crippen molar-refractivity contribution >= 4 is 40.6 Å². The third kappa shape index (κ3) is 5.19. The van der Waals surface area contributed by atoms with Crippen LogP contribution in [0.4, 0.5) is 4.39 Å². The number of nitrogens with one attached hydrogen (secondary N) is 2. The second kappa shape index (κ2) is 7.01. The highest BCUT2D eigenvalue weighted by Gasteiger charge is 2.12. The summed E-state index contributed by atoms with van der Waals surface area (Å²) < 4.78 is 12.9. The van der Waals surface area contributed by atoms with Crippen molar-refractivity contribution in [1.29, 1.82) is 0 Å². The Kier molecular flexibility index (Phi) is 5.65. The van der Waals surface area contributed by atoms with Crippen molar-refractivity contribution in [2.24, 2.45) is 5.73 Å². The third-order valence-corrected chi connectivity index (χ3v) is 2.50. The van der Waals surface area contributed by atoms with Crippen molar-refractivity contribution in [2.75, 3.05) is 6.54 Å². The number of nitrogens with two attached hydrogens (primary N) is 1. The maximum absolute atomic E-state index is 12.9. The van der Waals surface area contributed by atoms with Crippen molar-refractivity contribution in [2.45, 2.75) is 6.54 Å². The molecule has 0 aromatic heterocycles. The molecule has 0 bridgehead atoms. The van der Waals surface area contributed by atoms with Crippen LogP contribution in [0.2, 0.25) is 5.02 Å². The second-order valence-electron chi connectivity index (χ2n) is 3.58. The van der Waals surface area contributed by atoms with Gasteiger partial charge in [-0.25, -0.2) is 4.39 Å². The number of thiocarbonyl (C=S) groups is 1. The minimum atomic E-state index is -0.846. The zero-order valence-corrected chi connectivity index (χ0v) is 11.3. The Balaban J connectivity index is 2.47. The molecule has 102 valence electrons. The Morgan fingerprint density at radius 2 is 1.95 bits per heavy atom. The van der Waals surface area contributed by atoms with Gasteiger partial charge in [0.2, 0.25) is 0 Å². The second-order valence-corrected chi connectivity index (χ2v) is 4.51. The minimum absolute atomic E-state index is 0.0512. The lowest BCUT2D eigenvalue weighted by Gasteiger charge is -2.06. The number of amides is 2. The number of hydrogen-bond donors (Lipinski definition) is 3. The zero-order valence-electron chi connectivity index (χ0n) is 9.70. The molecule has 4 N–H and O–H groups in total. The van der Waals surface area contributed by atoms with Gasteiger partial charge in [0.05, 0.1) is 16.6 Å². The Morgan fingerprint density at radius 1 is 1.32 bits per heavy atom. The van der Waals surface area contributed by atoms with Crippen molar-refractivity contribution < 1.29 is 14.0 Å². The molecular weight excluding hydrogens is 293 g/mol. The topological polar surface area (TPSA) is 84.2 Å². The number of hydrogen-bond acceptors (Lipinski definition) is 3. The number of benzene rings is 1. The number of carbonyl (C=O) groups is 2. The van der Waals surface area contributed by atoms with E-state index in [4.69, 9.17) is 17.3 Å². The largest absolute Gasteiger partial charge is 0.392 e. The molecule has 0 saturated heterocycles. The molecule has 1 aromatic carbocycles. The van der Waals surface area contributed by atoms with E-state index in [-0.39, 0.29) is 23.1 Å². The molecule has 0 atom stereocenters. The Hall–Kier alpha value is -1.73. The van der Waals surface area contributed by atoms with E-state index in [2.05, 4.69) is 22.9 Å². The summed E-state index contributed by atoms with van der Waals surface area (Å²) in [5.41, 5.74) is 5.74. The van der Waals surface area contributed by atoms with E-state index in [1.54, 1.807) is 0 Å². The molecule has 0 aliphatic heterocycles. The van der Waals surface area contributed by atoms with Gasteiger partial charge in [-0.3, -0.25) is 9.59 Å². The van der Waals surface area contributed by atoms with Gasteiger partial charge in [0.15, 0.2) is 0 Å². The molecule has 0 spiro atoms. The predicted molar refractivity (Wildman–Crippen MR) is 73.1 cm³/mol. The van der Waals surface area contributed by atoms with E-state index in [1.807, 2.05) is 0 Å². The molecular formula is C11H11ClFN3O2S. The zero-order chi connectivity index (χ0) is 14.4. The molecule has 19 heavy (non-hydrogen) atoms. The van der Waals surface area contributed by atoms with Crippen molar-refractivity contribution in [3.8, 4) is 0 Å². The molecule has 0 fully saturated rings. The van der Waals surface area contributed by atoms with E-state index >= 15 is 0 Å². The summed E-state index contributed by atoms with van der Waals surface area (Å²) in [6.45, 7) is 0.00326. The van der Waals surface area contributed by atoms with Crippen molar-refractivity contribution in [1.82, 2.24) is 10.6 Å². The Labute approximate surface area is 119 Å². The summed E-state index contributed by atoms with van der Waals surface area (Å²) in [6.07, 6.45) is 0. The average molecular weight is 304 g/mol. The van der Waals surface area contributed by atoms with Gasteiger partial charge in [-0.1, -0.05) is 29.9 Å². The average Bonchev–Trinajstić information content (AvgIpc) is 2.36. The molecule has 0 radical (unpaired) electrons. The van der Waals surface area contributed by atoms with E-state index in [1.165, 1.54) is 18.2 Å². The third-order valence-electron chi connectivity index (χ3n) is 2.07. The van der Waals surface area contributed by atoms with E-state index in [9.17, 15) is 14.0 Å². The molecule has 2 amide bonds. The van der Waals surface area contributed by atoms with Gasteiger partial charge >= 0.3 is 11.8 Å². The normalized spacial score (nSPS) is 9.79. The van der Waals surface area contributed by atoms with Gasteiger partial charge in [-0.15, -0.1) is 0 Å². The van der Waals surface area contributed by atoms with Crippen LogP contribution in [0, 0.1) is 5.82 Å². The molecule has 0 aliphatic rings. The quantitative estimate of drug-likeness (QED) is 0.558. The highest BCUT2D eigenvalue weighted by molar-refractivity contribution is 7.80. The van der Waals surface area contributed by atoms with Crippen LogP contribution >= 0.6 is 23.8 Å². The maximum Gasteiger partial charge on any atom is 0.309 e. The summed E-state index contributed by atoms with van der Waals surface area (Å²) in [6, 6.07) is 4.00. The fourth-order valence-corrected chi connectivity index (χ4v) is 1.44. The summed E-state index contributed by atoms with van der Waals surface area (Å²) in [7, 11) is 0. The minimum Gasteiger partial charge on any atom is -0.392 e. The van der Waals surface area contributed by atoms with Crippen LogP contribution in [0.25, 0.3) is 0 Å². The Morgan fingerprint density at radius 3 is 2.53 bits per heavy atom. The van der Waals surface area contributed by atoms with Crippen LogP contribution in [-0.4, -0.2) is 23.3 Å². The summed E-state index contributed by atoms with van der Waals surface area (Å²) in [5.74, 6) is -2.23. The first kappa shape index (κ1) is 15.3. The highest BCUT2D eigenvalue weighted by atomic mass is 35.5. The maximum atomic E-state index is 12.9. The molecule has 8 heteroatoms. The lowest BCUT2D eigenvalue weighted by atomic mass is 10.2. The Bertz CT molecular complexity index is 525. The van der Waals surface area contributed by atoms with Gasteiger partial charge in [0, 0.05) is 6.54 Å². The highest BCUT2D eigenvalue weighted by Crippen LogP contribution is 2.15. The van der Waals surface area contributed by atoms with Crippen LogP contribution in [-0.2, 0) is 16.1 Å². The van der Waals surface area contributed by atoms with E-state index in [0.29, 0.717) is 5.56 Å². The van der Waals surface area contributed by atoms with Crippen LogP contribution in [0.3, 0.4) is 0 Å². The standard InChI is InChI=1S/C11H11ClFN3O2S/c12-7-3-6(1-2-8(7)13)4-15-10(17)11(18)16-5-9(14)19/h1-3H,4-5H2,(H2,14,19)(H,15,17)(H,16,18). The number of halogens is 2. The molecule has 1 aromatic rings. The van der Waals surface area contributed by atoms with Crippen LogP contribution in [0.1, 0.15) is 5.56 Å².